The number of hydrogen-bond donors (Lipinski definition) is 1. The van der Waals surface area contributed by atoms with Crippen molar-refractivity contribution in [3.63, 3.8) is 0 Å². The van der Waals surface area contributed by atoms with E-state index in [-0.39, 0.29) is 11.2 Å². The number of nitrogen functional groups attached to an aromatic ring is 1. The van der Waals surface area contributed by atoms with Gasteiger partial charge >= 0.3 is 0 Å². The molecule has 0 radical (unpaired) electrons. The first kappa shape index (κ1) is 16.9. The van der Waals surface area contributed by atoms with Crippen LogP contribution < -0.4 is 5.84 Å². The molecule has 3 rings (SSSR count). The van der Waals surface area contributed by atoms with Crippen molar-refractivity contribution in [2.75, 3.05) is 18.9 Å². The summed E-state index contributed by atoms with van der Waals surface area (Å²) in [5.74, 6) is 8.22. The molecule has 2 aromatic heterocycles. The van der Waals surface area contributed by atoms with E-state index in [1.807, 2.05) is 18.7 Å². The van der Waals surface area contributed by atoms with Gasteiger partial charge in [-0.15, -0.1) is 10.2 Å². The Hall–Kier alpha value is -1.96. The van der Waals surface area contributed by atoms with Crippen molar-refractivity contribution in [3.8, 4) is 11.4 Å². The molecule has 0 bridgehead atoms. The van der Waals surface area contributed by atoms with E-state index in [2.05, 4.69) is 17.1 Å². The van der Waals surface area contributed by atoms with Crippen LogP contribution in [0.3, 0.4) is 0 Å². The second-order valence-electron chi connectivity index (χ2n) is 6.33. The highest BCUT2D eigenvalue weighted by Gasteiger charge is 2.27. The molecule has 1 aliphatic rings. The van der Waals surface area contributed by atoms with Crippen molar-refractivity contribution in [1.29, 1.82) is 0 Å². The van der Waals surface area contributed by atoms with Gasteiger partial charge in [-0.05, 0) is 38.7 Å². The Balaban J connectivity index is 1.69. The summed E-state index contributed by atoms with van der Waals surface area (Å²) in [7, 11) is 0. The molecule has 1 amide bonds. The first-order chi connectivity index (χ1) is 11.5. The number of nitrogens with two attached hydrogens (primary N) is 1. The number of aryl methyl sites for hydroxylation is 1. The number of furan rings is 1. The van der Waals surface area contributed by atoms with E-state index in [1.165, 1.54) is 16.4 Å². The number of carbonyl (C=O) groups excluding carboxylic acids is 1. The van der Waals surface area contributed by atoms with E-state index in [4.69, 9.17) is 10.3 Å². The van der Waals surface area contributed by atoms with Crippen molar-refractivity contribution in [3.05, 3.63) is 18.1 Å². The van der Waals surface area contributed by atoms with Gasteiger partial charge in [0.25, 0.3) is 0 Å². The van der Waals surface area contributed by atoms with Gasteiger partial charge in [0.05, 0.1) is 17.1 Å². The first-order valence-electron chi connectivity index (χ1n) is 8.17. The second-order valence-corrected chi connectivity index (χ2v) is 7.64. The minimum absolute atomic E-state index is 0.135. The van der Waals surface area contributed by atoms with Gasteiger partial charge in [-0.1, -0.05) is 18.7 Å². The van der Waals surface area contributed by atoms with E-state index in [1.54, 1.807) is 12.3 Å². The van der Waals surface area contributed by atoms with Crippen LogP contribution in [0, 0.1) is 12.8 Å². The van der Waals surface area contributed by atoms with Crippen LogP contribution in [0.15, 0.2) is 21.9 Å². The van der Waals surface area contributed by atoms with E-state index < -0.39 is 0 Å². The monoisotopic (exact) mass is 349 g/mol. The summed E-state index contributed by atoms with van der Waals surface area (Å²) in [6.07, 6.45) is 3.73. The Bertz CT molecular complexity index is 718. The van der Waals surface area contributed by atoms with E-state index >= 15 is 0 Å². The Kier molecular flexibility index (Phi) is 4.84. The number of likely N-dealkylation sites (tertiary alicyclic amines) is 1. The smallest absolute Gasteiger partial charge is 0.235 e. The number of piperidine rings is 1. The van der Waals surface area contributed by atoms with Crippen molar-refractivity contribution in [2.45, 2.75) is 44.0 Å². The number of rotatable bonds is 4. The third kappa shape index (κ3) is 3.28. The summed E-state index contributed by atoms with van der Waals surface area (Å²) < 4.78 is 6.71. The second kappa shape index (κ2) is 6.88. The zero-order valence-electron chi connectivity index (χ0n) is 14.2. The lowest BCUT2D eigenvalue weighted by Crippen LogP contribution is -2.41. The van der Waals surface area contributed by atoms with Crippen molar-refractivity contribution < 1.29 is 9.21 Å². The molecule has 0 aromatic carbocycles. The topological polar surface area (TPSA) is 90.2 Å². The summed E-state index contributed by atoms with van der Waals surface area (Å²) in [6.45, 7) is 7.64. The van der Waals surface area contributed by atoms with Gasteiger partial charge in [-0.2, -0.15) is 0 Å². The van der Waals surface area contributed by atoms with Crippen molar-refractivity contribution >= 4 is 17.7 Å². The van der Waals surface area contributed by atoms with Gasteiger partial charge in [0.2, 0.25) is 11.1 Å². The fourth-order valence-corrected chi connectivity index (χ4v) is 3.71. The maximum absolute atomic E-state index is 12.6. The van der Waals surface area contributed by atoms with Crippen LogP contribution in [0.1, 0.15) is 32.4 Å². The molecule has 1 fully saturated rings. The van der Waals surface area contributed by atoms with Crippen LogP contribution in [0.4, 0.5) is 0 Å². The SMILES string of the molecule is Cc1occc1-c1nnc(SC(C)C(=O)N2CCC(C)CC2)n1N. The molecule has 0 spiro atoms. The van der Waals surface area contributed by atoms with Crippen molar-refractivity contribution in [1.82, 2.24) is 19.8 Å². The Labute approximate surface area is 145 Å². The van der Waals surface area contributed by atoms with Crippen LogP contribution in [-0.2, 0) is 4.79 Å². The van der Waals surface area contributed by atoms with Gasteiger partial charge in [0.1, 0.15) is 5.76 Å². The molecule has 24 heavy (non-hydrogen) atoms. The molecule has 130 valence electrons. The van der Waals surface area contributed by atoms with Gasteiger partial charge in [-0.25, -0.2) is 4.68 Å². The molecule has 0 aliphatic carbocycles. The van der Waals surface area contributed by atoms with Crippen LogP contribution in [0.25, 0.3) is 11.4 Å². The minimum Gasteiger partial charge on any atom is -0.469 e. The van der Waals surface area contributed by atoms with E-state index in [0.717, 1.165) is 37.3 Å². The third-order valence-corrected chi connectivity index (χ3v) is 5.53. The average molecular weight is 349 g/mol. The highest BCUT2D eigenvalue weighted by Crippen LogP contribution is 2.28. The Morgan fingerprint density at radius 3 is 2.75 bits per heavy atom. The minimum atomic E-state index is -0.247. The third-order valence-electron chi connectivity index (χ3n) is 4.49. The zero-order chi connectivity index (χ0) is 17.3. The van der Waals surface area contributed by atoms with E-state index in [0.29, 0.717) is 16.9 Å². The molecule has 8 heteroatoms. The van der Waals surface area contributed by atoms with Gasteiger partial charge in [0.15, 0.2) is 5.82 Å². The normalized spacial score (nSPS) is 17.2. The quantitative estimate of drug-likeness (QED) is 0.673. The molecule has 1 unspecified atom stereocenters. The maximum atomic E-state index is 12.6. The number of thioether (sulfide) groups is 1. The van der Waals surface area contributed by atoms with Gasteiger partial charge < -0.3 is 15.2 Å². The van der Waals surface area contributed by atoms with Crippen LogP contribution >= 0.6 is 11.8 Å². The number of amides is 1. The van der Waals surface area contributed by atoms with Crippen LogP contribution in [-0.4, -0.2) is 44.0 Å². The molecule has 1 saturated heterocycles. The summed E-state index contributed by atoms with van der Waals surface area (Å²) in [5.41, 5.74) is 0.806. The lowest BCUT2D eigenvalue weighted by molar-refractivity contribution is -0.131. The molecular weight excluding hydrogens is 326 g/mol. The molecule has 0 saturated carbocycles. The number of hydrogen-bond acceptors (Lipinski definition) is 6. The predicted octanol–water partition coefficient (Wildman–Crippen LogP) is 2.30. The summed E-state index contributed by atoms with van der Waals surface area (Å²) in [5, 5.41) is 8.54. The zero-order valence-corrected chi connectivity index (χ0v) is 15.0. The Morgan fingerprint density at radius 2 is 2.12 bits per heavy atom. The lowest BCUT2D eigenvalue weighted by Gasteiger charge is -2.31. The number of carbonyl (C=O) groups is 1. The molecule has 1 aliphatic heterocycles. The molecule has 2 aromatic rings. The van der Waals surface area contributed by atoms with Crippen LogP contribution in [0.2, 0.25) is 0 Å². The highest BCUT2D eigenvalue weighted by molar-refractivity contribution is 8.00. The average Bonchev–Trinajstić information content (AvgIpc) is 3.14. The van der Waals surface area contributed by atoms with Gasteiger partial charge in [0, 0.05) is 13.1 Å². The molecular formula is C16H23N5O2S. The highest BCUT2D eigenvalue weighted by atomic mass is 32.2. The maximum Gasteiger partial charge on any atom is 0.235 e. The number of aromatic nitrogens is 3. The Morgan fingerprint density at radius 1 is 1.42 bits per heavy atom. The molecule has 1 atom stereocenters. The summed E-state index contributed by atoms with van der Waals surface area (Å²) in [4.78, 5) is 14.5. The molecule has 3 heterocycles. The standard InChI is InChI=1S/C16H23N5O2S/c1-10-4-7-20(8-5-10)15(22)12(3)24-16-19-18-14(21(16)17)13-6-9-23-11(13)2/h6,9-10,12H,4-5,7-8,17H2,1-3H3. The number of nitrogens with zero attached hydrogens (tertiary/aromatic N) is 4. The fourth-order valence-electron chi connectivity index (χ4n) is 2.85. The molecule has 7 nitrogen and oxygen atoms in total. The predicted molar refractivity (Wildman–Crippen MR) is 92.9 cm³/mol. The van der Waals surface area contributed by atoms with Gasteiger partial charge in [-0.3, -0.25) is 4.79 Å². The van der Waals surface area contributed by atoms with Crippen molar-refractivity contribution in [2.24, 2.45) is 5.92 Å². The summed E-state index contributed by atoms with van der Waals surface area (Å²) >= 11 is 1.34. The van der Waals surface area contributed by atoms with E-state index in [9.17, 15) is 4.79 Å². The molecule has 2 N–H and O–H groups in total. The first-order valence-corrected chi connectivity index (χ1v) is 9.05. The van der Waals surface area contributed by atoms with Crippen LogP contribution in [0.5, 0.6) is 0 Å². The largest absolute Gasteiger partial charge is 0.469 e. The summed E-state index contributed by atoms with van der Waals surface area (Å²) in [6, 6.07) is 1.81. The lowest BCUT2D eigenvalue weighted by atomic mass is 9.99. The fraction of sp³-hybridized carbons (Fsp3) is 0.562.